The van der Waals surface area contributed by atoms with Crippen LogP contribution in [0, 0.1) is 0 Å². The van der Waals surface area contributed by atoms with Gasteiger partial charge in [0.15, 0.2) is 6.10 Å². The van der Waals surface area contributed by atoms with Gasteiger partial charge in [0.1, 0.15) is 5.75 Å². The number of rotatable bonds is 5. The molecular weight excluding hydrogens is 352 g/mol. The molecule has 1 atom stereocenters. The van der Waals surface area contributed by atoms with Crippen LogP contribution in [0.2, 0.25) is 0 Å². The Bertz CT molecular complexity index is 792. The summed E-state index contributed by atoms with van der Waals surface area (Å²) in [5, 5.41) is 7.85. The third-order valence-corrected chi connectivity index (χ3v) is 4.33. The maximum atomic E-state index is 12.2. The standard InChI is InChI=1S/C18H22N4O5/c1-3-26-17(24)11-8-20-18(25)21-12(11)9-22-10-15(16(23)19-2)27-14-7-5-4-6-13(14)22/h4-7,15H,3,8-10H2,1-2H3,(H,19,23)(H2,20,21,25). The van der Waals surface area contributed by atoms with Crippen LogP contribution in [0.25, 0.3) is 0 Å². The van der Waals surface area contributed by atoms with E-state index < -0.39 is 12.1 Å². The highest BCUT2D eigenvalue weighted by molar-refractivity contribution is 5.94. The van der Waals surface area contributed by atoms with E-state index in [2.05, 4.69) is 16.0 Å². The molecule has 27 heavy (non-hydrogen) atoms. The molecule has 0 bridgehead atoms. The molecule has 0 aliphatic carbocycles. The number of anilines is 1. The van der Waals surface area contributed by atoms with Crippen molar-refractivity contribution in [2.45, 2.75) is 13.0 Å². The summed E-state index contributed by atoms with van der Waals surface area (Å²) in [7, 11) is 1.55. The number of carbonyl (C=O) groups is 3. The minimum Gasteiger partial charge on any atom is -0.477 e. The highest BCUT2D eigenvalue weighted by atomic mass is 16.5. The summed E-state index contributed by atoms with van der Waals surface area (Å²) in [4.78, 5) is 38.0. The van der Waals surface area contributed by atoms with Crippen molar-refractivity contribution in [3.05, 3.63) is 35.5 Å². The Kier molecular flexibility index (Phi) is 5.49. The lowest BCUT2D eigenvalue weighted by molar-refractivity contribution is -0.138. The maximum absolute atomic E-state index is 12.2. The first kappa shape index (κ1) is 18.6. The van der Waals surface area contributed by atoms with Gasteiger partial charge < -0.3 is 30.3 Å². The normalized spacial score (nSPS) is 18.7. The number of likely N-dealkylation sites (N-methyl/N-ethyl adjacent to an activating group) is 1. The summed E-state index contributed by atoms with van der Waals surface area (Å²) < 4.78 is 10.9. The van der Waals surface area contributed by atoms with Gasteiger partial charge in [-0.15, -0.1) is 0 Å². The second kappa shape index (κ2) is 7.98. The molecule has 0 spiro atoms. The fourth-order valence-electron chi connectivity index (χ4n) is 3.03. The zero-order valence-corrected chi connectivity index (χ0v) is 15.2. The first-order valence-electron chi connectivity index (χ1n) is 8.69. The highest BCUT2D eigenvalue weighted by Gasteiger charge is 2.32. The number of amides is 3. The summed E-state index contributed by atoms with van der Waals surface area (Å²) in [6, 6.07) is 6.93. The van der Waals surface area contributed by atoms with Gasteiger partial charge in [-0.25, -0.2) is 9.59 Å². The van der Waals surface area contributed by atoms with Crippen molar-refractivity contribution in [3.8, 4) is 5.75 Å². The van der Waals surface area contributed by atoms with Crippen molar-refractivity contribution in [2.24, 2.45) is 0 Å². The molecular formula is C18H22N4O5. The number of para-hydroxylation sites is 2. The van der Waals surface area contributed by atoms with Crippen LogP contribution in [0.3, 0.4) is 0 Å². The lowest BCUT2D eigenvalue weighted by Gasteiger charge is -2.36. The Hall–Kier alpha value is -3.23. The number of carbonyl (C=O) groups excluding carboxylic acids is 3. The van der Waals surface area contributed by atoms with Gasteiger partial charge in [0.2, 0.25) is 0 Å². The van der Waals surface area contributed by atoms with Gasteiger partial charge >= 0.3 is 12.0 Å². The molecule has 0 radical (unpaired) electrons. The maximum Gasteiger partial charge on any atom is 0.337 e. The molecule has 0 saturated carbocycles. The van der Waals surface area contributed by atoms with E-state index in [0.717, 1.165) is 5.69 Å². The smallest absolute Gasteiger partial charge is 0.337 e. The molecule has 2 aliphatic rings. The second-order valence-electron chi connectivity index (χ2n) is 6.05. The number of urea groups is 1. The van der Waals surface area contributed by atoms with Crippen molar-refractivity contribution in [1.29, 1.82) is 0 Å². The minimum absolute atomic E-state index is 0.0882. The Morgan fingerprint density at radius 1 is 1.37 bits per heavy atom. The monoisotopic (exact) mass is 374 g/mol. The number of hydrogen-bond donors (Lipinski definition) is 3. The molecule has 2 aliphatic heterocycles. The Labute approximate surface area is 156 Å². The number of fused-ring (bicyclic) bond motifs is 1. The molecule has 3 rings (SSSR count). The third-order valence-electron chi connectivity index (χ3n) is 4.33. The average Bonchev–Trinajstić information content (AvgIpc) is 2.67. The van der Waals surface area contributed by atoms with E-state index in [-0.39, 0.29) is 38.2 Å². The van der Waals surface area contributed by atoms with Crippen molar-refractivity contribution < 1.29 is 23.9 Å². The van der Waals surface area contributed by atoms with Gasteiger partial charge in [-0.3, -0.25) is 4.79 Å². The minimum atomic E-state index is -0.700. The number of nitrogens with one attached hydrogen (secondary N) is 3. The fraction of sp³-hybridized carbons (Fsp3) is 0.389. The molecule has 1 unspecified atom stereocenters. The first-order chi connectivity index (χ1) is 13.0. The van der Waals surface area contributed by atoms with E-state index in [4.69, 9.17) is 9.47 Å². The van der Waals surface area contributed by atoms with Gasteiger partial charge in [0.25, 0.3) is 5.91 Å². The molecule has 0 aromatic heterocycles. The Balaban J connectivity index is 1.92. The van der Waals surface area contributed by atoms with E-state index in [9.17, 15) is 14.4 Å². The quantitative estimate of drug-likeness (QED) is 0.632. The van der Waals surface area contributed by atoms with Crippen molar-refractivity contribution >= 4 is 23.6 Å². The molecule has 3 amide bonds. The van der Waals surface area contributed by atoms with E-state index >= 15 is 0 Å². The molecule has 9 heteroatoms. The summed E-state index contributed by atoms with van der Waals surface area (Å²) in [5.41, 5.74) is 1.59. The van der Waals surface area contributed by atoms with Crippen LogP contribution >= 0.6 is 0 Å². The zero-order chi connectivity index (χ0) is 19.4. The van der Waals surface area contributed by atoms with Gasteiger partial charge in [0.05, 0.1) is 43.2 Å². The first-order valence-corrected chi connectivity index (χ1v) is 8.69. The molecule has 0 saturated heterocycles. The molecule has 9 nitrogen and oxygen atoms in total. The Morgan fingerprint density at radius 3 is 2.89 bits per heavy atom. The number of nitrogens with zero attached hydrogens (tertiary/aromatic N) is 1. The summed E-state index contributed by atoms with van der Waals surface area (Å²) in [6.07, 6.45) is -0.700. The van der Waals surface area contributed by atoms with E-state index in [1.54, 1.807) is 20.0 Å². The van der Waals surface area contributed by atoms with Crippen LogP contribution in [0.4, 0.5) is 10.5 Å². The topological polar surface area (TPSA) is 109 Å². The van der Waals surface area contributed by atoms with Gasteiger partial charge in [-0.2, -0.15) is 0 Å². The predicted molar refractivity (Wildman–Crippen MR) is 97.3 cm³/mol. The molecule has 1 aromatic carbocycles. The van der Waals surface area contributed by atoms with Gasteiger partial charge in [-0.05, 0) is 19.1 Å². The number of esters is 1. The summed E-state index contributed by atoms with van der Waals surface area (Å²) >= 11 is 0. The van der Waals surface area contributed by atoms with Crippen LogP contribution in [-0.4, -0.2) is 57.3 Å². The average molecular weight is 374 g/mol. The van der Waals surface area contributed by atoms with Crippen LogP contribution in [0.1, 0.15) is 6.92 Å². The highest BCUT2D eigenvalue weighted by Crippen LogP contribution is 2.33. The van der Waals surface area contributed by atoms with E-state index in [1.165, 1.54) is 0 Å². The molecule has 1 aromatic rings. The summed E-state index contributed by atoms with van der Waals surface area (Å²) in [6.45, 7) is 2.56. The number of benzene rings is 1. The molecule has 144 valence electrons. The van der Waals surface area contributed by atoms with Crippen molar-refractivity contribution in [2.75, 3.05) is 38.2 Å². The number of hydrogen-bond acceptors (Lipinski definition) is 6. The van der Waals surface area contributed by atoms with Gasteiger partial charge in [-0.1, -0.05) is 12.1 Å². The lowest BCUT2D eigenvalue weighted by atomic mass is 10.1. The second-order valence-corrected chi connectivity index (χ2v) is 6.05. The molecule has 0 fully saturated rings. The van der Waals surface area contributed by atoms with Gasteiger partial charge in [0, 0.05) is 7.05 Å². The Morgan fingerprint density at radius 2 is 2.15 bits per heavy atom. The largest absolute Gasteiger partial charge is 0.477 e. The lowest BCUT2D eigenvalue weighted by Crippen LogP contribution is -2.51. The SMILES string of the molecule is CCOC(=O)C1=C(CN2CC(C(=O)NC)Oc3ccccc32)NC(=O)NC1. The van der Waals surface area contributed by atoms with Crippen LogP contribution in [-0.2, 0) is 14.3 Å². The molecule has 2 heterocycles. The number of ether oxygens (including phenoxy) is 2. The van der Waals surface area contributed by atoms with Crippen molar-refractivity contribution in [1.82, 2.24) is 16.0 Å². The zero-order valence-electron chi connectivity index (χ0n) is 15.2. The molecule has 3 N–H and O–H groups in total. The summed E-state index contributed by atoms with van der Waals surface area (Å²) in [5.74, 6) is -0.163. The van der Waals surface area contributed by atoms with Crippen LogP contribution in [0.15, 0.2) is 35.5 Å². The van der Waals surface area contributed by atoms with Crippen molar-refractivity contribution in [3.63, 3.8) is 0 Å². The third kappa shape index (κ3) is 3.97. The van der Waals surface area contributed by atoms with E-state index in [1.807, 2.05) is 23.1 Å². The van der Waals surface area contributed by atoms with E-state index in [0.29, 0.717) is 17.0 Å². The van der Waals surface area contributed by atoms with Crippen LogP contribution in [0.5, 0.6) is 5.75 Å². The van der Waals surface area contributed by atoms with Crippen LogP contribution < -0.4 is 25.6 Å². The predicted octanol–water partition coefficient (Wildman–Crippen LogP) is 0.130. The fourth-order valence-corrected chi connectivity index (χ4v) is 3.03.